The molecule has 1 aliphatic rings. The normalized spacial score (nSPS) is 14.0. The first-order valence-electron chi connectivity index (χ1n) is 11.1. The molecule has 0 aliphatic heterocycles. The maximum absolute atomic E-state index is 12.4. The number of hydrogen-bond donors (Lipinski definition) is 3. The van der Waals surface area contributed by atoms with Crippen LogP contribution in [0.25, 0.3) is 10.8 Å². The van der Waals surface area contributed by atoms with Gasteiger partial charge in [-0.2, -0.15) is 0 Å². The van der Waals surface area contributed by atoms with Crippen LogP contribution in [0.2, 0.25) is 0 Å². The minimum Gasteiger partial charge on any atom is -0.326 e. The van der Waals surface area contributed by atoms with Crippen LogP contribution in [-0.2, 0) is 16.0 Å². The van der Waals surface area contributed by atoms with E-state index in [0.717, 1.165) is 42.0 Å². The summed E-state index contributed by atoms with van der Waals surface area (Å²) >= 11 is 0. The number of hydrazine groups is 1. The molecule has 32 heavy (non-hydrogen) atoms. The highest BCUT2D eigenvalue weighted by Gasteiger charge is 2.21. The van der Waals surface area contributed by atoms with Crippen molar-refractivity contribution >= 4 is 34.2 Å². The van der Waals surface area contributed by atoms with Crippen LogP contribution in [0, 0.1) is 5.92 Å². The van der Waals surface area contributed by atoms with E-state index in [4.69, 9.17) is 0 Å². The number of nitrogens with one attached hydrogen (secondary N) is 3. The highest BCUT2D eigenvalue weighted by atomic mass is 16.2. The van der Waals surface area contributed by atoms with Gasteiger partial charge in [-0.3, -0.25) is 25.2 Å². The van der Waals surface area contributed by atoms with Crippen LogP contribution < -0.4 is 16.2 Å². The second-order valence-corrected chi connectivity index (χ2v) is 8.22. The predicted molar refractivity (Wildman–Crippen MR) is 125 cm³/mol. The molecule has 0 bridgehead atoms. The molecule has 0 radical (unpaired) electrons. The molecule has 164 valence electrons. The summed E-state index contributed by atoms with van der Waals surface area (Å²) in [6.07, 6.45) is 5.43. The summed E-state index contributed by atoms with van der Waals surface area (Å²) in [5.74, 6) is -0.598. The molecule has 0 atom stereocenters. The molecular formula is C26H27N3O3. The molecule has 4 rings (SSSR count). The van der Waals surface area contributed by atoms with Gasteiger partial charge in [0.15, 0.2) is 0 Å². The lowest BCUT2D eigenvalue weighted by Crippen LogP contribution is -2.42. The van der Waals surface area contributed by atoms with Gasteiger partial charge in [0, 0.05) is 17.2 Å². The summed E-state index contributed by atoms with van der Waals surface area (Å²) in [6.45, 7) is 0. The van der Waals surface area contributed by atoms with E-state index >= 15 is 0 Å². The van der Waals surface area contributed by atoms with Crippen molar-refractivity contribution in [3.8, 4) is 0 Å². The fraction of sp³-hybridized carbons (Fsp3) is 0.269. The van der Waals surface area contributed by atoms with E-state index in [1.807, 2.05) is 42.5 Å². The van der Waals surface area contributed by atoms with Gasteiger partial charge in [-0.15, -0.1) is 0 Å². The monoisotopic (exact) mass is 429 g/mol. The van der Waals surface area contributed by atoms with Gasteiger partial charge >= 0.3 is 0 Å². The SMILES string of the molecule is O=C(Cc1cccc2ccccc12)NNC(=O)c1ccc(NC(=O)C2CCCCC2)cc1. The third kappa shape index (κ3) is 5.32. The van der Waals surface area contributed by atoms with Crippen molar-refractivity contribution in [2.24, 2.45) is 5.92 Å². The Morgan fingerprint density at radius 1 is 0.781 bits per heavy atom. The van der Waals surface area contributed by atoms with Crippen molar-refractivity contribution < 1.29 is 14.4 Å². The molecule has 3 amide bonds. The van der Waals surface area contributed by atoms with Crippen LogP contribution in [0.4, 0.5) is 5.69 Å². The Kier molecular flexibility index (Phi) is 6.80. The average Bonchev–Trinajstić information content (AvgIpc) is 2.84. The molecule has 1 saturated carbocycles. The van der Waals surface area contributed by atoms with E-state index in [1.54, 1.807) is 24.3 Å². The highest BCUT2D eigenvalue weighted by molar-refractivity contribution is 5.97. The molecule has 1 aliphatic carbocycles. The smallest absolute Gasteiger partial charge is 0.269 e. The van der Waals surface area contributed by atoms with E-state index in [2.05, 4.69) is 16.2 Å². The number of carbonyl (C=O) groups excluding carboxylic acids is 3. The molecule has 6 nitrogen and oxygen atoms in total. The second-order valence-electron chi connectivity index (χ2n) is 8.22. The first-order chi connectivity index (χ1) is 15.6. The lowest BCUT2D eigenvalue weighted by Gasteiger charge is -2.20. The average molecular weight is 430 g/mol. The van der Waals surface area contributed by atoms with E-state index < -0.39 is 5.91 Å². The molecule has 0 saturated heterocycles. The van der Waals surface area contributed by atoms with E-state index in [9.17, 15) is 14.4 Å². The quantitative estimate of drug-likeness (QED) is 0.527. The summed E-state index contributed by atoms with van der Waals surface area (Å²) in [5, 5.41) is 5.01. The van der Waals surface area contributed by atoms with Gasteiger partial charge in [-0.05, 0) is 53.4 Å². The van der Waals surface area contributed by atoms with Gasteiger partial charge < -0.3 is 5.32 Å². The topological polar surface area (TPSA) is 87.3 Å². The Morgan fingerprint density at radius 2 is 1.50 bits per heavy atom. The largest absolute Gasteiger partial charge is 0.326 e. The number of fused-ring (bicyclic) bond motifs is 1. The Balaban J connectivity index is 1.29. The van der Waals surface area contributed by atoms with Gasteiger partial charge in [-0.25, -0.2) is 0 Å². The van der Waals surface area contributed by atoms with Crippen molar-refractivity contribution in [3.05, 3.63) is 77.9 Å². The molecular weight excluding hydrogens is 402 g/mol. The van der Waals surface area contributed by atoms with Crippen molar-refractivity contribution in [1.82, 2.24) is 10.9 Å². The third-order valence-corrected chi connectivity index (χ3v) is 5.94. The molecule has 0 heterocycles. The van der Waals surface area contributed by atoms with Gasteiger partial charge in [0.2, 0.25) is 11.8 Å². The summed E-state index contributed by atoms with van der Waals surface area (Å²) in [7, 11) is 0. The molecule has 3 N–H and O–H groups in total. The third-order valence-electron chi connectivity index (χ3n) is 5.94. The molecule has 3 aromatic rings. The molecule has 0 aromatic heterocycles. The summed E-state index contributed by atoms with van der Waals surface area (Å²) < 4.78 is 0. The Labute approximate surface area is 187 Å². The zero-order chi connectivity index (χ0) is 22.3. The number of carbonyl (C=O) groups is 3. The van der Waals surface area contributed by atoms with Crippen LogP contribution in [0.15, 0.2) is 66.7 Å². The molecule has 0 unspecified atom stereocenters. The van der Waals surface area contributed by atoms with E-state index in [0.29, 0.717) is 11.3 Å². The van der Waals surface area contributed by atoms with Crippen LogP contribution in [0.5, 0.6) is 0 Å². The first-order valence-corrected chi connectivity index (χ1v) is 11.1. The van der Waals surface area contributed by atoms with Crippen LogP contribution in [0.1, 0.15) is 48.0 Å². The standard InChI is InChI=1S/C26H27N3O3/c30-24(17-21-11-6-10-18-7-4-5-12-23(18)21)28-29-26(32)20-13-15-22(16-14-20)27-25(31)19-8-2-1-3-9-19/h4-7,10-16,19H,1-3,8-9,17H2,(H,27,31)(H,28,30)(H,29,32). The zero-order valence-corrected chi connectivity index (χ0v) is 17.9. The van der Waals surface area contributed by atoms with Gasteiger partial charge in [0.1, 0.15) is 0 Å². The van der Waals surface area contributed by atoms with E-state index in [1.165, 1.54) is 6.42 Å². The number of hydrogen-bond acceptors (Lipinski definition) is 3. The first kappa shape index (κ1) is 21.6. The Hall–Kier alpha value is -3.67. The van der Waals surface area contributed by atoms with Gasteiger partial charge in [-0.1, -0.05) is 61.7 Å². The Bertz CT molecular complexity index is 1110. The fourth-order valence-electron chi connectivity index (χ4n) is 4.18. The highest BCUT2D eigenvalue weighted by Crippen LogP contribution is 2.25. The minimum absolute atomic E-state index is 0.0441. The van der Waals surface area contributed by atoms with Crippen molar-refractivity contribution in [1.29, 1.82) is 0 Å². The number of anilines is 1. The number of amides is 3. The lowest BCUT2D eigenvalue weighted by molar-refractivity contribution is -0.121. The maximum atomic E-state index is 12.4. The predicted octanol–water partition coefficient (Wildman–Crippen LogP) is 4.36. The molecule has 6 heteroatoms. The second kappa shape index (κ2) is 10.1. The van der Waals surface area contributed by atoms with Crippen LogP contribution >= 0.6 is 0 Å². The summed E-state index contributed by atoms with van der Waals surface area (Å²) in [5.41, 5.74) is 6.88. The zero-order valence-electron chi connectivity index (χ0n) is 17.9. The number of rotatable bonds is 5. The van der Waals surface area contributed by atoms with E-state index in [-0.39, 0.29) is 24.2 Å². The lowest BCUT2D eigenvalue weighted by atomic mass is 9.88. The molecule has 1 fully saturated rings. The molecule has 0 spiro atoms. The Morgan fingerprint density at radius 3 is 2.28 bits per heavy atom. The van der Waals surface area contributed by atoms with Gasteiger partial charge in [0.25, 0.3) is 5.91 Å². The maximum Gasteiger partial charge on any atom is 0.269 e. The van der Waals surface area contributed by atoms with Crippen LogP contribution in [0.3, 0.4) is 0 Å². The summed E-state index contributed by atoms with van der Waals surface area (Å²) in [4.78, 5) is 37.1. The summed E-state index contributed by atoms with van der Waals surface area (Å²) in [6, 6.07) is 20.4. The van der Waals surface area contributed by atoms with Crippen molar-refractivity contribution in [3.63, 3.8) is 0 Å². The minimum atomic E-state index is -0.415. The number of benzene rings is 3. The van der Waals surface area contributed by atoms with Crippen LogP contribution in [-0.4, -0.2) is 17.7 Å². The van der Waals surface area contributed by atoms with Crippen molar-refractivity contribution in [2.45, 2.75) is 38.5 Å². The fourth-order valence-corrected chi connectivity index (χ4v) is 4.18. The van der Waals surface area contributed by atoms with Crippen molar-refractivity contribution in [2.75, 3.05) is 5.32 Å². The van der Waals surface area contributed by atoms with Gasteiger partial charge in [0.05, 0.1) is 6.42 Å². The molecule has 3 aromatic carbocycles.